The summed E-state index contributed by atoms with van der Waals surface area (Å²) in [7, 11) is 0. The average Bonchev–Trinajstić information content (AvgIpc) is 2.45. The molecule has 4 heteroatoms. The SMILES string of the molecule is CCCCc1ccc(-n2c(C)cc(O)c(C(C)=O)c2=O)cc1. The molecule has 1 N–H and O–H groups in total. The predicted octanol–water partition coefficient (Wildman–Crippen LogP) is 3.40. The van der Waals surface area contributed by atoms with Gasteiger partial charge in [-0.2, -0.15) is 0 Å². The molecule has 0 spiro atoms. The van der Waals surface area contributed by atoms with Gasteiger partial charge in [0, 0.05) is 17.4 Å². The van der Waals surface area contributed by atoms with Gasteiger partial charge in [-0.1, -0.05) is 25.5 Å². The largest absolute Gasteiger partial charge is 0.507 e. The maximum atomic E-state index is 12.5. The summed E-state index contributed by atoms with van der Waals surface area (Å²) in [6.45, 7) is 5.16. The molecular weight excluding hydrogens is 278 g/mol. The van der Waals surface area contributed by atoms with Crippen molar-refractivity contribution in [2.75, 3.05) is 0 Å². The molecule has 1 aromatic heterocycles. The maximum absolute atomic E-state index is 12.5. The number of pyridine rings is 1. The van der Waals surface area contributed by atoms with Gasteiger partial charge in [0.05, 0.1) is 0 Å². The van der Waals surface area contributed by atoms with E-state index in [1.165, 1.54) is 23.1 Å². The number of hydrogen-bond acceptors (Lipinski definition) is 3. The lowest BCUT2D eigenvalue weighted by Crippen LogP contribution is -2.26. The van der Waals surface area contributed by atoms with Gasteiger partial charge in [0.2, 0.25) is 0 Å². The maximum Gasteiger partial charge on any atom is 0.269 e. The van der Waals surface area contributed by atoms with Crippen LogP contribution in [-0.2, 0) is 6.42 Å². The van der Waals surface area contributed by atoms with Crippen LogP contribution in [0.1, 0.15) is 48.3 Å². The highest BCUT2D eigenvalue weighted by Crippen LogP contribution is 2.19. The summed E-state index contributed by atoms with van der Waals surface area (Å²) in [5.74, 6) is -0.693. The van der Waals surface area contributed by atoms with E-state index in [-0.39, 0.29) is 11.3 Å². The van der Waals surface area contributed by atoms with Crippen LogP contribution in [0, 0.1) is 6.92 Å². The summed E-state index contributed by atoms with van der Waals surface area (Å²) < 4.78 is 1.46. The van der Waals surface area contributed by atoms with Crippen molar-refractivity contribution < 1.29 is 9.90 Å². The number of aryl methyl sites for hydroxylation is 2. The summed E-state index contributed by atoms with van der Waals surface area (Å²) >= 11 is 0. The van der Waals surface area contributed by atoms with Crippen LogP contribution in [-0.4, -0.2) is 15.5 Å². The quantitative estimate of drug-likeness (QED) is 0.861. The normalized spacial score (nSPS) is 10.7. The Hall–Kier alpha value is -2.36. The van der Waals surface area contributed by atoms with Crippen LogP contribution >= 0.6 is 0 Å². The van der Waals surface area contributed by atoms with Crippen molar-refractivity contribution in [3.63, 3.8) is 0 Å². The minimum Gasteiger partial charge on any atom is -0.507 e. The molecular formula is C18H21NO3. The molecule has 0 saturated carbocycles. The molecule has 0 aliphatic heterocycles. The van der Waals surface area contributed by atoms with Gasteiger partial charge in [-0.05, 0) is 44.4 Å². The molecule has 0 aliphatic rings. The zero-order valence-electron chi connectivity index (χ0n) is 13.2. The molecule has 2 rings (SSSR count). The van der Waals surface area contributed by atoms with Crippen molar-refractivity contribution in [1.82, 2.24) is 4.57 Å². The number of benzene rings is 1. The first-order valence-electron chi connectivity index (χ1n) is 7.51. The van der Waals surface area contributed by atoms with E-state index in [1.807, 2.05) is 24.3 Å². The second-order valence-electron chi connectivity index (χ2n) is 5.51. The molecule has 0 saturated heterocycles. The second-order valence-corrected chi connectivity index (χ2v) is 5.51. The van der Waals surface area contributed by atoms with Gasteiger partial charge in [0.1, 0.15) is 11.3 Å². The Morgan fingerprint density at radius 3 is 2.41 bits per heavy atom. The Kier molecular flexibility index (Phi) is 4.81. The number of carbonyl (C=O) groups excluding carboxylic acids is 1. The van der Waals surface area contributed by atoms with E-state index in [4.69, 9.17) is 0 Å². The lowest BCUT2D eigenvalue weighted by atomic mass is 10.1. The number of carbonyl (C=O) groups is 1. The molecule has 0 radical (unpaired) electrons. The molecule has 0 aliphatic carbocycles. The number of rotatable bonds is 5. The Bertz CT molecular complexity index is 742. The van der Waals surface area contributed by atoms with Crippen molar-refractivity contribution in [3.05, 3.63) is 57.5 Å². The van der Waals surface area contributed by atoms with Gasteiger partial charge in [-0.15, -0.1) is 0 Å². The van der Waals surface area contributed by atoms with Crippen molar-refractivity contribution >= 4 is 5.78 Å². The molecule has 4 nitrogen and oxygen atoms in total. The lowest BCUT2D eigenvalue weighted by molar-refractivity contribution is 0.101. The van der Waals surface area contributed by atoms with Crippen molar-refractivity contribution in [2.45, 2.75) is 40.0 Å². The van der Waals surface area contributed by atoms with Crippen molar-refractivity contribution in [2.24, 2.45) is 0 Å². The Morgan fingerprint density at radius 2 is 1.86 bits per heavy atom. The van der Waals surface area contributed by atoms with Gasteiger partial charge in [-0.3, -0.25) is 14.2 Å². The molecule has 1 heterocycles. The number of unbranched alkanes of at least 4 members (excludes halogenated alkanes) is 1. The molecule has 2 aromatic rings. The lowest BCUT2D eigenvalue weighted by Gasteiger charge is -2.13. The van der Waals surface area contributed by atoms with Crippen LogP contribution in [0.5, 0.6) is 5.75 Å². The zero-order valence-corrected chi connectivity index (χ0v) is 13.2. The Balaban J connectivity index is 2.51. The minimum absolute atomic E-state index is 0.166. The fraction of sp³-hybridized carbons (Fsp3) is 0.333. The molecule has 0 bridgehead atoms. The Labute approximate surface area is 130 Å². The van der Waals surface area contributed by atoms with Crippen LogP contribution in [0.15, 0.2) is 35.1 Å². The van der Waals surface area contributed by atoms with Crippen LogP contribution in [0.4, 0.5) is 0 Å². The molecule has 0 atom stereocenters. The number of Topliss-reactive ketones (excluding diaryl/α,β-unsaturated/α-hetero) is 1. The van der Waals surface area contributed by atoms with Gasteiger partial charge < -0.3 is 5.11 Å². The van der Waals surface area contributed by atoms with Crippen LogP contribution in [0.3, 0.4) is 0 Å². The van der Waals surface area contributed by atoms with Crippen molar-refractivity contribution in [3.8, 4) is 11.4 Å². The smallest absolute Gasteiger partial charge is 0.269 e. The van der Waals surface area contributed by atoms with Crippen LogP contribution in [0.2, 0.25) is 0 Å². The number of nitrogens with zero attached hydrogens (tertiary/aromatic N) is 1. The molecule has 0 unspecified atom stereocenters. The predicted molar refractivity (Wildman–Crippen MR) is 87.1 cm³/mol. The van der Waals surface area contributed by atoms with Gasteiger partial charge in [0.25, 0.3) is 5.56 Å². The summed E-state index contributed by atoms with van der Waals surface area (Å²) in [4.78, 5) is 24.1. The molecule has 0 fully saturated rings. The fourth-order valence-electron chi connectivity index (χ4n) is 2.56. The first-order chi connectivity index (χ1) is 10.5. The number of hydrogen-bond donors (Lipinski definition) is 1. The van der Waals surface area contributed by atoms with E-state index < -0.39 is 11.3 Å². The summed E-state index contributed by atoms with van der Waals surface area (Å²) in [6, 6.07) is 9.19. The third-order valence-corrected chi connectivity index (χ3v) is 3.74. The number of ketones is 1. The minimum atomic E-state index is -0.480. The highest BCUT2D eigenvalue weighted by molar-refractivity contribution is 5.96. The van der Waals surface area contributed by atoms with E-state index >= 15 is 0 Å². The highest BCUT2D eigenvalue weighted by atomic mass is 16.3. The zero-order chi connectivity index (χ0) is 16.3. The monoisotopic (exact) mass is 299 g/mol. The van der Waals surface area contributed by atoms with E-state index in [9.17, 15) is 14.7 Å². The molecule has 0 amide bonds. The van der Waals surface area contributed by atoms with Crippen molar-refractivity contribution in [1.29, 1.82) is 0 Å². The number of aromatic nitrogens is 1. The molecule has 22 heavy (non-hydrogen) atoms. The summed E-state index contributed by atoms with van der Waals surface area (Å²) in [5, 5.41) is 9.82. The highest BCUT2D eigenvalue weighted by Gasteiger charge is 2.17. The summed E-state index contributed by atoms with van der Waals surface area (Å²) in [6.07, 6.45) is 3.28. The summed E-state index contributed by atoms with van der Waals surface area (Å²) in [5.41, 5.74) is 1.87. The third-order valence-electron chi connectivity index (χ3n) is 3.74. The fourth-order valence-corrected chi connectivity index (χ4v) is 2.56. The van der Waals surface area contributed by atoms with E-state index in [2.05, 4.69) is 6.92 Å². The first-order valence-corrected chi connectivity index (χ1v) is 7.51. The van der Waals surface area contributed by atoms with Gasteiger partial charge in [0.15, 0.2) is 5.78 Å². The van der Waals surface area contributed by atoms with E-state index in [0.29, 0.717) is 11.4 Å². The molecule has 1 aromatic carbocycles. The van der Waals surface area contributed by atoms with Crippen LogP contribution in [0.25, 0.3) is 5.69 Å². The van der Waals surface area contributed by atoms with E-state index in [1.54, 1.807) is 6.92 Å². The first kappa shape index (κ1) is 16.0. The second kappa shape index (κ2) is 6.60. The standard InChI is InChI=1S/C18H21NO3/c1-4-5-6-14-7-9-15(10-8-14)19-12(2)11-16(21)17(13(3)20)18(19)22/h7-11,21H,4-6H2,1-3H3. The topological polar surface area (TPSA) is 59.3 Å². The third kappa shape index (κ3) is 3.11. The Morgan fingerprint density at radius 1 is 1.23 bits per heavy atom. The van der Waals surface area contributed by atoms with Gasteiger partial charge >= 0.3 is 0 Å². The van der Waals surface area contributed by atoms with Gasteiger partial charge in [-0.25, -0.2) is 0 Å². The van der Waals surface area contributed by atoms with E-state index in [0.717, 1.165) is 19.3 Å². The average molecular weight is 299 g/mol. The number of aromatic hydroxyl groups is 1. The molecule has 116 valence electrons. The van der Waals surface area contributed by atoms with Crippen LogP contribution < -0.4 is 5.56 Å².